The molecule has 0 aliphatic heterocycles. The van der Waals surface area contributed by atoms with Crippen LogP contribution in [0.5, 0.6) is 0 Å². The highest BCUT2D eigenvalue weighted by Crippen LogP contribution is 1.77. The van der Waals surface area contributed by atoms with E-state index in [1.807, 2.05) is 13.0 Å². The van der Waals surface area contributed by atoms with Crippen LogP contribution in [0, 0.1) is 11.3 Å². The molecule has 2 heteroatoms. The van der Waals surface area contributed by atoms with E-state index in [0.29, 0.717) is 6.42 Å². The van der Waals surface area contributed by atoms with Crippen molar-refractivity contribution in [3.8, 4) is 6.07 Å². The van der Waals surface area contributed by atoms with E-state index in [4.69, 9.17) is 5.26 Å². The standard InChI is InChI=1S/C4H7N.Si/c1-2-3-4-5;/h2-3H2,1H3;. The Labute approximate surface area is 43.0 Å². The van der Waals surface area contributed by atoms with E-state index in [-0.39, 0.29) is 11.0 Å². The van der Waals surface area contributed by atoms with Gasteiger partial charge in [-0.25, -0.2) is 0 Å². The topological polar surface area (TPSA) is 23.8 Å². The summed E-state index contributed by atoms with van der Waals surface area (Å²) in [5, 5.41) is 7.82. The van der Waals surface area contributed by atoms with Gasteiger partial charge in [-0.05, 0) is 6.42 Å². The summed E-state index contributed by atoms with van der Waals surface area (Å²) in [5.74, 6) is 0. The summed E-state index contributed by atoms with van der Waals surface area (Å²) in [5.41, 5.74) is 0. The van der Waals surface area contributed by atoms with Crippen LogP contribution in [0.3, 0.4) is 0 Å². The fraction of sp³-hybridized carbons (Fsp3) is 0.750. The van der Waals surface area contributed by atoms with Gasteiger partial charge in [-0.2, -0.15) is 5.26 Å². The van der Waals surface area contributed by atoms with Crippen molar-refractivity contribution in [2.45, 2.75) is 19.8 Å². The molecule has 1 nitrogen and oxygen atoms in total. The van der Waals surface area contributed by atoms with Crippen LogP contribution >= 0.6 is 0 Å². The number of nitriles is 1. The van der Waals surface area contributed by atoms with Gasteiger partial charge in [-0.15, -0.1) is 0 Å². The Balaban J connectivity index is 0. The molecule has 0 rings (SSSR count). The Morgan fingerprint density at radius 1 is 1.67 bits per heavy atom. The third kappa shape index (κ3) is 9.32. The van der Waals surface area contributed by atoms with Crippen LogP contribution in [0.2, 0.25) is 0 Å². The fourth-order valence-corrected chi connectivity index (χ4v) is 0.112. The lowest BCUT2D eigenvalue weighted by Crippen LogP contribution is -1.53. The van der Waals surface area contributed by atoms with Crippen molar-refractivity contribution in [2.24, 2.45) is 0 Å². The maximum atomic E-state index is 7.82. The van der Waals surface area contributed by atoms with Crippen LogP contribution in [0.25, 0.3) is 0 Å². The van der Waals surface area contributed by atoms with E-state index in [1.54, 1.807) is 0 Å². The second-order valence-corrected chi connectivity index (χ2v) is 0.908. The molecule has 0 saturated carbocycles. The molecular weight excluding hydrogens is 90.1 g/mol. The summed E-state index contributed by atoms with van der Waals surface area (Å²) in [6.07, 6.45) is 1.68. The third-order valence-corrected chi connectivity index (χ3v) is 0.362. The first-order valence-electron chi connectivity index (χ1n) is 1.78. The second-order valence-electron chi connectivity index (χ2n) is 0.908. The van der Waals surface area contributed by atoms with Gasteiger partial charge in [0.2, 0.25) is 0 Å². The van der Waals surface area contributed by atoms with Crippen molar-refractivity contribution in [3.63, 3.8) is 0 Å². The normalized spacial score (nSPS) is 5.33. The molecule has 4 radical (unpaired) electrons. The van der Waals surface area contributed by atoms with Crippen molar-refractivity contribution < 1.29 is 0 Å². The highest BCUT2D eigenvalue weighted by Gasteiger charge is 1.65. The number of nitrogens with zero attached hydrogens (tertiary/aromatic N) is 1. The Kier molecular flexibility index (Phi) is 13.5. The van der Waals surface area contributed by atoms with Gasteiger partial charge >= 0.3 is 0 Å². The molecule has 6 heavy (non-hydrogen) atoms. The minimum absolute atomic E-state index is 0. The van der Waals surface area contributed by atoms with Gasteiger partial charge in [-0.3, -0.25) is 0 Å². The van der Waals surface area contributed by atoms with Crippen LogP contribution in [0.1, 0.15) is 19.8 Å². The van der Waals surface area contributed by atoms with E-state index < -0.39 is 0 Å². The highest BCUT2D eigenvalue weighted by atomic mass is 28.1. The molecule has 0 saturated heterocycles. The van der Waals surface area contributed by atoms with Crippen LogP contribution in [0.4, 0.5) is 0 Å². The van der Waals surface area contributed by atoms with E-state index in [0.717, 1.165) is 6.42 Å². The van der Waals surface area contributed by atoms with Gasteiger partial charge in [0.05, 0.1) is 6.07 Å². The van der Waals surface area contributed by atoms with Crippen molar-refractivity contribution in [2.75, 3.05) is 0 Å². The van der Waals surface area contributed by atoms with Gasteiger partial charge in [0.1, 0.15) is 0 Å². The smallest absolute Gasteiger partial charge is 0.0621 e. The lowest BCUT2D eigenvalue weighted by Gasteiger charge is -1.65. The number of hydrogen-bond acceptors (Lipinski definition) is 1. The Morgan fingerprint density at radius 3 is 2.17 bits per heavy atom. The fourth-order valence-electron chi connectivity index (χ4n) is 0.112. The number of hydrogen-bond donors (Lipinski definition) is 0. The lowest BCUT2D eigenvalue weighted by atomic mass is 10.4. The van der Waals surface area contributed by atoms with Gasteiger partial charge in [-0.1, -0.05) is 6.92 Å². The molecule has 0 atom stereocenters. The summed E-state index contributed by atoms with van der Waals surface area (Å²) in [7, 11) is 0. The first kappa shape index (κ1) is 9.20. The van der Waals surface area contributed by atoms with Crippen molar-refractivity contribution in [1.82, 2.24) is 0 Å². The second kappa shape index (κ2) is 8.83. The molecular formula is C4H7NSi. The largest absolute Gasteiger partial charge is 0.198 e. The maximum absolute atomic E-state index is 7.82. The molecule has 0 N–H and O–H groups in total. The predicted octanol–water partition coefficient (Wildman–Crippen LogP) is 0.929. The van der Waals surface area contributed by atoms with Gasteiger partial charge in [0.15, 0.2) is 0 Å². The summed E-state index contributed by atoms with van der Waals surface area (Å²) in [6, 6.07) is 2.02. The monoisotopic (exact) mass is 97.0 g/mol. The average molecular weight is 97.2 g/mol. The summed E-state index contributed by atoms with van der Waals surface area (Å²) < 4.78 is 0. The average Bonchev–Trinajstić information content (AvgIpc) is 1.41. The highest BCUT2D eigenvalue weighted by molar-refractivity contribution is 5.75. The molecule has 0 fully saturated rings. The van der Waals surface area contributed by atoms with Crippen molar-refractivity contribution >= 4 is 11.0 Å². The Morgan fingerprint density at radius 2 is 2.17 bits per heavy atom. The molecule has 0 heterocycles. The van der Waals surface area contributed by atoms with E-state index in [2.05, 4.69) is 0 Å². The first-order chi connectivity index (χ1) is 2.41. The molecule has 0 aromatic heterocycles. The lowest BCUT2D eigenvalue weighted by molar-refractivity contribution is 0.969. The molecule has 0 aliphatic rings. The number of rotatable bonds is 1. The molecule has 0 aliphatic carbocycles. The Hall–Kier alpha value is -0.293. The van der Waals surface area contributed by atoms with Gasteiger partial charge in [0, 0.05) is 17.4 Å². The zero-order valence-corrected chi connectivity index (χ0v) is 4.86. The third-order valence-electron chi connectivity index (χ3n) is 0.362. The van der Waals surface area contributed by atoms with Crippen molar-refractivity contribution in [3.05, 3.63) is 0 Å². The zero-order chi connectivity index (χ0) is 4.12. The summed E-state index contributed by atoms with van der Waals surface area (Å²) in [6.45, 7) is 1.99. The minimum Gasteiger partial charge on any atom is -0.198 e. The predicted molar refractivity (Wildman–Crippen MR) is 26.3 cm³/mol. The molecule has 0 aromatic rings. The Bertz CT molecular complexity index is 46.0. The van der Waals surface area contributed by atoms with E-state index in [9.17, 15) is 0 Å². The molecule has 0 amide bonds. The molecule has 0 bridgehead atoms. The van der Waals surface area contributed by atoms with Crippen LogP contribution < -0.4 is 0 Å². The van der Waals surface area contributed by atoms with E-state index >= 15 is 0 Å². The molecule has 0 spiro atoms. The molecule has 32 valence electrons. The van der Waals surface area contributed by atoms with E-state index in [1.165, 1.54) is 0 Å². The SMILES string of the molecule is CCCC#N.[Si]. The zero-order valence-electron chi connectivity index (χ0n) is 3.86. The maximum Gasteiger partial charge on any atom is 0.0621 e. The number of unbranched alkanes of at least 4 members (excludes halogenated alkanes) is 1. The molecule has 0 unspecified atom stereocenters. The first-order valence-corrected chi connectivity index (χ1v) is 1.78. The van der Waals surface area contributed by atoms with Crippen LogP contribution in [0.15, 0.2) is 0 Å². The molecule has 0 aromatic carbocycles. The summed E-state index contributed by atoms with van der Waals surface area (Å²) in [4.78, 5) is 0. The quantitative estimate of drug-likeness (QED) is 0.446. The minimum atomic E-state index is 0. The van der Waals surface area contributed by atoms with Crippen LogP contribution in [-0.4, -0.2) is 11.0 Å². The summed E-state index contributed by atoms with van der Waals surface area (Å²) >= 11 is 0. The van der Waals surface area contributed by atoms with Crippen LogP contribution in [-0.2, 0) is 0 Å². The van der Waals surface area contributed by atoms with Gasteiger partial charge in [0.25, 0.3) is 0 Å². The van der Waals surface area contributed by atoms with Gasteiger partial charge < -0.3 is 0 Å². The van der Waals surface area contributed by atoms with Crippen molar-refractivity contribution in [1.29, 1.82) is 5.26 Å².